The summed E-state index contributed by atoms with van der Waals surface area (Å²) in [6.45, 7) is 1.12. The standard InChI is InChI=1S/C9H14N2O2/c1-13-6-5-11-9(12)7-8-3-2-4-10-8/h2-4,10H,5-7H2,1H3,(H,11,12). The van der Waals surface area contributed by atoms with E-state index in [4.69, 9.17) is 4.74 Å². The maximum atomic E-state index is 11.2. The van der Waals surface area contributed by atoms with E-state index >= 15 is 0 Å². The fraction of sp³-hybridized carbons (Fsp3) is 0.444. The second-order valence-corrected chi connectivity index (χ2v) is 2.71. The topological polar surface area (TPSA) is 54.1 Å². The van der Waals surface area contributed by atoms with Gasteiger partial charge in [-0.05, 0) is 12.1 Å². The van der Waals surface area contributed by atoms with Crippen molar-refractivity contribution in [2.24, 2.45) is 0 Å². The van der Waals surface area contributed by atoms with Gasteiger partial charge in [0.15, 0.2) is 0 Å². The number of aromatic amines is 1. The van der Waals surface area contributed by atoms with Gasteiger partial charge in [0.1, 0.15) is 0 Å². The second kappa shape index (κ2) is 5.37. The quantitative estimate of drug-likeness (QED) is 0.644. The Morgan fingerprint density at radius 3 is 3.15 bits per heavy atom. The Bertz CT molecular complexity index is 244. The van der Waals surface area contributed by atoms with Gasteiger partial charge in [-0.3, -0.25) is 4.79 Å². The van der Waals surface area contributed by atoms with Crippen molar-refractivity contribution < 1.29 is 9.53 Å². The van der Waals surface area contributed by atoms with Crippen LogP contribution >= 0.6 is 0 Å². The van der Waals surface area contributed by atoms with Gasteiger partial charge < -0.3 is 15.0 Å². The summed E-state index contributed by atoms with van der Waals surface area (Å²) in [5.74, 6) is 0.0134. The van der Waals surface area contributed by atoms with Crippen molar-refractivity contribution in [1.82, 2.24) is 10.3 Å². The van der Waals surface area contributed by atoms with Gasteiger partial charge in [-0.15, -0.1) is 0 Å². The minimum atomic E-state index is 0.0134. The highest BCUT2D eigenvalue weighted by Crippen LogP contribution is 1.94. The third kappa shape index (κ3) is 3.75. The summed E-state index contributed by atoms with van der Waals surface area (Å²) in [5.41, 5.74) is 0.926. The molecule has 1 aromatic heterocycles. The molecule has 1 rings (SSSR count). The summed E-state index contributed by atoms with van der Waals surface area (Å²) in [6.07, 6.45) is 2.20. The molecule has 0 atom stereocenters. The first-order valence-corrected chi connectivity index (χ1v) is 4.21. The Morgan fingerprint density at radius 1 is 1.69 bits per heavy atom. The number of hydrogen-bond donors (Lipinski definition) is 2. The Balaban J connectivity index is 2.18. The second-order valence-electron chi connectivity index (χ2n) is 2.71. The zero-order valence-corrected chi connectivity index (χ0v) is 7.67. The minimum absolute atomic E-state index is 0.0134. The van der Waals surface area contributed by atoms with Crippen LogP contribution in [0, 0.1) is 0 Å². The first kappa shape index (κ1) is 9.80. The highest BCUT2D eigenvalue weighted by molar-refractivity contribution is 5.78. The van der Waals surface area contributed by atoms with Crippen molar-refractivity contribution >= 4 is 5.91 Å². The monoisotopic (exact) mass is 182 g/mol. The van der Waals surface area contributed by atoms with Gasteiger partial charge in [0.05, 0.1) is 13.0 Å². The lowest BCUT2D eigenvalue weighted by molar-refractivity contribution is -0.120. The number of carbonyl (C=O) groups excluding carboxylic acids is 1. The molecule has 0 unspecified atom stereocenters. The number of methoxy groups -OCH3 is 1. The van der Waals surface area contributed by atoms with Crippen molar-refractivity contribution in [3.05, 3.63) is 24.0 Å². The minimum Gasteiger partial charge on any atom is -0.383 e. The molecule has 0 radical (unpaired) electrons. The number of amides is 1. The van der Waals surface area contributed by atoms with Crippen LogP contribution in [-0.4, -0.2) is 31.2 Å². The van der Waals surface area contributed by atoms with Crippen molar-refractivity contribution in [3.63, 3.8) is 0 Å². The van der Waals surface area contributed by atoms with Crippen LogP contribution < -0.4 is 5.32 Å². The van der Waals surface area contributed by atoms with Gasteiger partial charge >= 0.3 is 0 Å². The number of H-pyrrole nitrogens is 1. The predicted molar refractivity (Wildman–Crippen MR) is 49.4 cm³/mol. The largest absolute Gasteiger partial charge is 0.383 e. The lowest BCUT2D eigenvalue weighted by Crippen LogP contribution is -2.28. The van der Waals surface area contributed by atoms with E-state index in [1.54, 1.807) is 13.3 Å². The van der Waals surface area contributed by atoms with E-state index in [1.165, 1.54) is 0 Å². The zero-order valence-electron chi connectivity index (χ0n) is 7.67. The summed E-state index contributed by atoms with van der Waals surface area (Å²) in [5, 5.41) is 2.74. The maximum absolute atomic E-state index is 11.2. The Kier molecular flexibility index (Phi) is 4.05. The van der Waals surface area contributed by atoms with Gasteiger partial charge in [0.25, 0.3) is 0 Å². The molecule has 4 nitrogen and oxygen atoms in total. The molecular formula is C9H14N2O2. The molecule has 13 heavy (non-hydrogen) atoms. The lowest BCUT2D eigenvalue weighted by atomic mass is 10.3. The van der Waals surface area contributed by atoms with Crippen molar-refractivity contribution in [2.75, 3.05) is 20.3 Å². The molecule has 0 spiro atoms. The van der Waals surface area contributed by atoms with E-state index in [2.05, 4.69) is 10.3 Å². The molecule has 0 aliphatic heterocycles. The van der Waals surface area contributed by atoms with Crippen LogP contribution in [0.25, 0.3) is 0 Å². The molecule has 0 fully saturated rings. The fourth-order valence-corrected chi connectivity index (χ4v) is 1.01. The fourth-order valence-electron chi connectivity index (χ4n) is 1.01. The van der Waals surface area contributed by atoms with Crippen LogP contribution in [0.15, 0.2) is 18.3 Å². The molecule has 0 aromatic carbocycles. The molecule has 0 saturated carbocycles. The van der Waals surface area contributed by atoms with Crippen LogP contribution in [0.3, 0.4) is 0 Å². The smallest absolute Gasteiger partial charge is 0.226 e. The summed E-state index contributed by atoms with van der Waals surface area (Å²) < 4.78 is 4.80. The van der Waals surface area contributed by atoms with Crippen molar-refractivity contribution in [3.8, 4) is 0 Å². The molecule has 0 saturated heterocycles. The third-order valence-corrected chi connectivity index (χ3v) is 1.64. The van der Waals surface area contributed by atoms with E-state index in [-0.39, 0.29) is 5.91 Å². The average molecular weight is 182 g/mol. The zero-order chi connectivity index (χ0) is 9.52. The van der Waals surface area contributed by atoms with Crippen LogP contribution in [0.4, 0.5) is 0 Å². The summed E-state index contributed by atoms with van der Waals surface area (Å²) in [7, 11) is 1.61. The van der Waals surface area contributed by atoms with Gasteiger partial charge in [0, 0.05) is 25.5 Å². The Morgan fingerprint density at radius 2 is 2.54 bits per heavy atom. The number of aromatic nitrogens is 1. The van der Waals surface area contributed by atoms with Crippen molar-refractivity contribution in [1.29, 1.82) is 0 Å². The SMILES string of the molecule is COCCNC(=O)Cc1ccc[nH]1. The summed E-state index contributed by atoms with van der Waals surface area (Å²) in [6, 6.07) is 3.76. The molecular weight excluding hydrogens is 168 g/mol. The number of nitrogens with one attached hydrogen (secondary N) is 2. The highest BCUT2D eigenvalue weighted by atomic mass is 16.5. The Hall–Kier alpha value is -1.29. The molecule has 72 valence electrons. The summed E-state index contributed by atoms with van der Waals surface area (Å²) in [4.78, 5) is 14.2. The average Bonchev–Trinajstić information content (AvgIpc) is 2.57. The van der Waals surface area contributed by atoms with Crippen LogP contribution in [0.2, 0.25) is 0 Å². The normalized spacial score (nSPS) is 9.92. The van der Waals surface area contributed by atoms with Gasteiger partial charge in [-0.1, -0.05) is 0 Å². The molecule has 2 N–H and O–H groups in total. The molecule has 1 heterocycles. The molecule has 0 aliphatic carbocycles. The van der Waals surface area contributed by atoms with E-state index in [0.717, 1.165) is 5.69 Å². The molecule has 1 aromatic rings. The first-order chi connectivity index (χ1) is 6.33. The third-order valence-electron chi connectivity index (χ3n) is 1.64. The van der Waals surface area contributed by atoms with Crippen LogP contribution in [-0.2, 0) is 16.0 Å². The van der Waals surface area contributed by atoms with E-state index in [1.807, 2.05) is 12.1 Å². The lowest BCUT2D eigenvalue weighted by Gasteiger charge is -2.02. The molecule has 4 heteroatoms. The van der Waals surface area contributed by atoms with Crippen LogP contribution in [0.1, 0.15) is 5.69 Å². The Labute approximate surface area is 77.3 Å². The first-order valence-electron chi connectivity index (χ1n) is 4.21. The molecule has 1 amide bonds. The van der Waals surface area contributed by atoms with E-state index in [9.17, 15) is 4.79 Å². The van der Waals surface area contributed by atoms with Gasteiger partial charge in [-0.2, -0.15) is 0 Å². The van der Waals surface area contributed by atoms with Crippen molar-refractivity contribution in [2.45, 2.75) is 6.42 Å². The maximum Gasteiger partial charge on any atom is 0.226 e. The van der Waals surface area contributed by atoms with Gasteiger partial charge in [-0.25, -0.2) is 0 Å². The van der Waals surface area contributed by atoms with E-state index < -0.39 is 0 Å². The number of rotatable bonds is 5. The number of ether oxygens (including phenoxy) is 1. The van der Waals surface area contributed by atoms with Gasteiger partial charge in [0.2, 0.25) is 5.91 Å². The molecule has 0 aliphatic rings. The molecule has 0 bridgehead atoms. The number of hydrogen-bond acceptors (Lipinski definition) is 2. The van der Waals surface area contributed by atoms with E-state index in [0.29, 0.717) is 19.6 Å². The predicted octanol–water partition coefficient (Wildman–Crippen LogP) is 0.320. The number of carbonyl (C=O) groups is 1. The van der Waals surface area contributed by atoms with Crippen LogP contribution in [0.5, 0.6) is 0 Å². The summed E-state index contributed by atoms with van der Waals surface area (Å²) >= 11 is 0. The highest BCUT2D eigenvalue weighted by Gasteiger charge is 2.01.